The van der Waals surface area contributed by atoms with Crippen LogP contribution in [0.2, 0.25) is 5.15 Å². The summed E-state index contributed by atoms with van der Waals surface area (Å²) in [4.78, 5) is 16.6. The molecule has 0 atom stereocenters. The Morgan fingerprint density at radius 3 is 2.56 bits per heavy atom. The lowest BCUT2D eigenvalue weighted by Crippen LogP contribution is -2.13. The molecule has 128 valence electrons. The van der Waals surface area contributed by atoms with Gasteiger partial charge >= 0.3 is 0 Å². The van der Waals surface area contributed by atoms with Gasteiger partial charge in [0.15, 0.2) is 0 Å². The molecular weight excluding hydrogens is 343 g/mol. The lowest BCUT2D eigenvalue weighted by molar-refractivity contribution is 0.102. The van der Waals surface area contributed by atoms with Gasteiger partial charge in [-0.05, 0) is 56.3 Å². The average Bonchev–Trinajstić information content (AvgIpc) is 2.55. The van der Waals surface area contributed by atoms with Crippen molar-refractivity contribution in [2.24, 2.45) is 0 Å². The zero-order valence-corrected chi connectivity index (χ0v) is 14.5. The predicted molar refractivity (Wildman–Crippen MR) is 96.9 cm³/mol. The standard InChI is InChI=1S/C19H16ClFN2O2/c1-11(2)25-15-7-5-14(6-8-15)22-19(24)16-9-12-3-4-13(21)10-17(12)23-18(16)20/h3-11H,1-2H3,(H,22,24). The minimum absolute atomic E-state index is 0.0235. The second kappa shape index (κ2) is 7.07. The van der Waals surface area contributed by atoms with E-state index in [2.05, 4.69) is 10.3 Å². The van der Waals surface area contributed by atoms with E-state index in [0.29, 0.717) is 16.6 Å². The van der Waals surface area contributed by atoms with E-state index in [9.17, 15) is 9.18 Å². The Morgan fingerprint density at radius 1 is 1.16 bits per heavy atom. The van der Waals surface area contributed by atoms with Gasteiger partial charge in [-0.25, -0.2) is 9.37 Å². The third kappa shape index (κ3) is 4.06. The molecule has 25 heavy (non-hydrogen) atoms. The maximum atomic E-state index is 13.3. The first-order valence-electron chi connectivity index (χ1n) is 7.76. The molecule has 0 radical (unpaired) electrons. The fourth-order valence-electron chi connectivity index (χ4n) is 2.36. The normalized spacial score (nSPS) is 10.9. The van der Waals surface area contributed by atoms with Crippen LogP contribution in [0.5, 0.6) is 5.75 Å². The molecule has 2 aromatic carbocycles. The Labute approximate surface area is 149 Å². The lowest BCUT2D eigenvalue weighted by atomic mass is 10.1. The van der Waals surface area contributed by atoms with Crippen molar-refractivity contribution >= 4 is 34.1 Å². The largest absolute Gasteiger partial charge is 0.491 e. The van der Waals surface area contributed by atoms with Gasteiger partial charge in [0.1, 0.15) is 16.7 Å². The quantitative estimate of drug-likeness (QED) is 0.663. The van der Waals surface area contributed by atoms with Crippen LogP contribution < -0.4 is 10.1 Å². The van der Waals surface area contributed by atoms with Crippen LogP contribution in [0, 0.1) is 5.82 Å². The molecule has 1 aromatic heterocycles. The molecule has 0 unspecified atom stereocenters. The molecule has 3 rings (SSSR count). The third-order valence-corrected chi connectivity index (χ3v) is 3.75. The summed E-state index contributed by atoms with van der Waals surface area (Å²) in [5.41, 5.74) is 1.23. The Hall–Kier alpha value is -2.66. The summed E-state index contributed by atoms with van der Waals surface area (Å²) in [6, 6.07) is 12.8. The zero-order valence-electron chi connectivity index (χ0n) is 13.7. The van der Waals surface area contributed by atoms with Crippen molar-refractivity contribution in [2.75, 3.05) is 5.32 Å². The molecule has 4 nitrogen and oxygen atoms in total. The highest BCUT2D eigenvalue weighted by Crippen LogP contribution is 2.23. The van der Waals surface area contributed by atoms with E-state index in [1.165, 1.54) is 12.1 Å². The van der Waals surface area contributed by atoms with Crippen molar-refractivity contribution in [1.82, 2.24) is 4.98 Å². The van der Waals surface area contributed by atoms with Crippen LogP contribution in [0.1, 0.15) is 24.2 Å². The first kappa shape index (κ1) is 17.2. The van der Waals surface area contributed by atoms with E-state index >= 15 is 0 Å². The third-order valence-electron chi connectivity index (χ3n) is 3.46. The Kier molecular flexibility index (Phi) is 4.86. The van der Waals surface area contributed by atoms with Crippen LogP contribution in [-0.4, -0.2) is 17.0 Å². The van der Waals surface area contributed by atoms with Crippen LogP contribution in [0.3, 0.4) is 0 Å². The number of hydrogen-bond acceptors (Lipinski definition) is 3. The van der Waals surface area contributed by atoms with Gasteiger partial charge in [-0.3, -0.25) is 4.79 Å². The number of nitrogens with one attached hydrogen (secondary N) is 1. The van der Waals surface area contributed by atoms with Gasteiger partial charge in [0.05, 0.1) is 17.2 Å². The van der Waals surface area contributed by atoms with Crippen molar-refractivity contribution in [3.05, 3.63) is 65.1 Å². The van der Waals surface area contributed by atoms with Crippen LogP contribution in [0.15, 0.2) is 48.5 Å². The average molecular weight is 359 g/mol. The summed E-state index contributed by atoms with van der Waals surface area (Å²) in [6.07, 6.45) is 0.0766. The molecule has 0 aliphatic carbocycles. The summed E-state index contributed by atoms with van der Waals surface area (Å²) < 4.78 is 18.8. The van der Waals surface area contributed by atoms with E-state index in [1.54, 1.807) is 36.4 Å². The Morgan fingerprint density at radius 2 is 1.88 bits per heavy atom. The molecule has 0 saturated heterocycles. The van der Waals surface area contributed by atoms with Crippen molar-refractivity contribution in [1.29, 1.82) is 0 Å². The number of anilines is 1. The maximum absolute atomic E-state index is 13.3. The van der Waals surface area contributed by atoms with Crippen molar-refractivity contribution in [3.63, 3.8) is 0 Å². The number of ether oxygens (including phenoxy) is 1. The number of hydrogen-bond donors (Lipinski definition) is 1. The maximum Gasteiger partial charge on any atom is 0.258 e. The fraction of sp³-hybridized carbons (Fsp3) is 0.158. The summed E-state index contributed by atoms with van der Waals surface area (Å²) in [7, 11) is 0. The van der Waals surface area contributed by atoms with E-state index in [0.717, 1.165) is 5.75 Å². The molecule has 0 aliphatic rings. The second-order valence-electron chi connectivity index (χ2n) is 5.81. The van der Waals surface area contributed by atoms with Gasteiger partial charge in [-0.1, -0.05) is 11.6 Å². The number of aromatic nitrogens is 1. The molecular formula is C19H16ClFN2O2. The highest BCUT2D eigenvalue weighted by Gasteiger charge is 2.14. The van der Waals surface area contributed by atoms with Crippen LogP contribution in [0.25, 0.3) is 10.9 Å². The number of carbonyl (C=O) groups excluding carboxylic acids is 1. The van der Waals surface area contributed by atoms with Crippen LogP contribution in [-0.2, 0) is 0 Å². The van der Waals surface area contributed by atoms with E-state index in [-0.39, 0.29) is 22.7 Å². The highest BCUT2D eigenvalue weighted by atomic mass is 35.5. The molecule has 1 heterocycles. The lowest BCUT2D eigenvalue weighted by Gasteiger charge is -2.11. The zero-order chi connectivity index (χ0) is 18.0. The number of nitrogens with zero attached hydrogens (tertiary/aromatic N) is 1. The molecule has 0 saturated carbocycles. The molecule has 0 fully saturated rings. The Bertz CT molecular complexity index is 927. The summed E-state index contributed by atoms with van der Waals surface area (Å²) >= 11 is 6.08. The molecule has 0 aliphatic heterocycles. The van der Waals surface area contributed by atoms with Crippen molar-refractivity contribution in [2.45, 2.75) is 20.0 Å². The predicted octanol–water partition coefficient (Wildman–Crippen LogP) is 5.07. The van der Waals surface area contributed by atoms with Gasteiger partial charge in [-0.15, -0.1) is 0 Å². The topological polar surface area (TPSA) is 51.2 Å². The monoisotopic (exact) mass is 358 g/mol. The molecule has 0 bridgehead atoms. The van der Waals surface area contributed by atoms with Gasteiger partial charge < -0.3 is 10.1 Å². The number of amides is 1. The highest BCUT2D eigenvalue weighted by molar-refractivity contribution is 6.33. The van der Waals surface area contributed by atoms with E-state index < -0.39 is 5.82 Å². The first-order chi connectivity index (χ1) is 11.9. The number of benzene rings is 2. The second-order valence-corrected chi connectivity index (χ2v) is 6.17. The summed E-state index contributed by atoms with van der Waals surface area (Å²) in [6.45, 7) is 3.88. The van der Waals surface area contributed by atoms with Crippen molar-refractivity contribution < 1.29 is 13.9 Å². The molecule has 1 N–H and O–H groups in total. The number of carbonyl (C=O) groups is 1. The molecule has 1 amide bonds. The number of rotatable bonds is 4. The smallest absolute Gasteiger partial charge is 0.258 e. The summed E-state index contributed by atoms with van der Waals surface area (Å²) in [5, 5.41) is 3.42. The van der Waals surface area contributed by atoms with Gasteiger partial charge in [0.25, 0.3) is 5.91 Å². The van der Waals surface area contributed by atoms with E-state index in [4.69, 9.17) is 16.3 Å². The SMILES string of the molecule is CC(C)Oc1ccc(NC(=O)c2cc3ccc(F)cc3nc2Cl)cc1. The van der Waals surface area contributed by atoms with Gasteiger partial charge in [0.2, 0.25) is 0 Å². The first-order valence-corrected chi connectivity index (χ1v) is 8.14. The Balaban J connectivity index is 1.82. The van der Waals surface area contributed by atoms with Gasteiger partial charge in [0, 0.05) is 17.1 Å². The van der Waals surface area contributed by atoms with Crippen LogP contribution in [0.4, 0.5) is 10.1 Å². The minimum atomic E-state index is -0.406. The van der Waals surface area contributed by atoms with E-state index in [1.807, 2.05) is 13.8 Å². The van der Waals surface area contributed by atoms with Crippen LogP contribution >= 0.6 is 11.6 Å². The molecule has 6 heteroatoms. The molecule has 0 spiro atoms. The van der Waals surface area contributed by atoms with Crippen molar-refractivity contribution in [3.8, 4) is 5.75 Å². The summed E-state index contributed by atoms with van der Waals surface area (Å²) in [5.74, 6) is -0.0707. The number of halogens is 2. The fourth-order valence-corrected chi connectivity index (χ4v) is 2.59. The van der Waals surface area contributed by atoms with Gasteiger partial charge in [-0.2, -0.15) is 0 Å². The minimum Gasteiger partial charge on any atom is -0.491 e. The molecule has 3 aromatic rings. The number of fused-ring (bicyclic) bond motifs is 1. The number of pyridine rings is 1.